The third-order valence-electron chi connectivity index (χ3n) is 19.1. The minimum atomic E-state index is -2.43. The summed E-state index contributed by atoms with van der Waals surface area (Å²) in [7, 11) is -4.69. The highest BCUT2D eigenvalue weighted by Crippen LogP contribution is 2.67. The number of rotatable bonds is 37. The average molecular weight is 1090 g/mol. The molecule has 13 heteroatoms. The minimum absolute atomic E-state index is 0.0145. The van der Waals surface area contributed by atoms with Gasteiger partial charge in [-0.15, -0.1) is 0 Å². The number of fused-ring (bicyclic) bond motifs is 5. The lowest BCUT2D eigenvalue weighted by atomic mass is 9.44. The Labute approximate surface area is 459 Å². The Hall–Kier alpha value is -2.07. The van der Waals surface area contributed by atoms with Crippen molar-refractivity contribution in [3.63, 3.8) is 0 Å². The van der Waals surface area contributed by atoms with Gasteiger partial charge in [0, 0.05) is 31.6 Å². The minimum Gasteiger partial charge on any atom is -0.454 e. The van der Waals surface area contributed by atoms with Crippen LogP contribution in [-0.4, -0.2) is 88.8 Å². The number of Topliss-reactive ketones (excluding diaryl/α,β-unsaturated/α-hetero) is 1. The van der Waals surface area contributed by atoms with Gasteiger partial charge in [-0.3, -0.25) is 14.4 Å². The van der Waals surface area contributed by atoms with Crippen LogP contribution in [0.2, 0.25) is 37.8 Å². The molecule has 3 aliphatic carbocycles. The molecule has 2 heterocycles. The van der Waals surface area contributed by atoms with E-state index in [0.717, 1.165) is 43.0 Å². The van der Waals surface area contributed by atoms with Gasteiger partial charge in [0.05, 0.1) is 30.1 Å². The van der Waals surface area contributed by atoms with Crippen molar-refractivity contribution in [2.45, 2.75) is 334 Å². The number of ether oxygens (including phenoxy) is 5. The van der Waals surface area contributed by atoms with Crippen LogP contribution in [0.1, 0.15) is 255 Å². The Morgan fingerprint density at radius 1 is 0.653 bits per heavy atom. The highest BCUT2D eigenvalue weighted by Gasteiger charge is 2.81. The summed E-state index contributed by atoms with van der Waals surface area (Å²) in [5.74, 6) is -2.24. The molecule has 432 valence electrons. The van der Waals surface area contributed by atoms with Gasteiger partial charge < -0.3 is 32.5 Å². The first-order valence-electron chi connectivity index (χ1n) is 31.2. The van der Waals surface area contributed by atoms with Gasteiger partial charge in [0.1, 0.15) is 6.10 Å². The molecule has 11 nitrogen and oxygen atoms in total. The van der Waals surface area contributed by atoms with Crippen LogP contribution in [0.15, 0.2) is 11.1 Å². The molecule has 4 fully saturated rings. The van der Waals surface area contributed by atoms with E-state index in [4.69, 9.17) is 32.5 Å². The first-order valence-corrected chi connectivity index (χ1v) is 37.2. The SMILES string of the molecule is CCCCCCCCCCCCCCCCCCCCCCCCCCCCCC(=O)O[C@H]1C(=O)[C@]2(C)[C@@H](O[Si](CC)(CC)CC)C[C@H]3OC[C@@]3(OC(C)=O)[C@H]2[C@@H]2OC(=O)O[C@]23C[C@H](O[Si](C)(C)C)C(C)=C1C3(C)C. The Bertz CT molecular complexity index is 1830. The van der Waals surface area contributed by atoms with E-state index in [2.05, 4.69) is 47.3 Å². The summed E-state index contributed by atoms with van der Waals surface area (Å²) in [6.07, 6.45) is 31.3. The van der Waals surface area contributed by atoms with E-state index in [1.54, 1.807) is 0 Å². The fourth-order valence-corrected chi connectivity index (χ4v) is 18.5. The van der Waals surface area contributed by atoms with Gasteiger partial charge in [-0.25, -0.2) is 4.79 Å². The van der Waals surface area contributed by atoms with Crippen molar-refractivity contribution in [1.29, 1.82) is 0 Å². The molecule has 75 heavy (non-hydrogen) atoms. The van der Waals surface area contributed by atoms with Crippen LogP contribution < -0.4 is 0 Å². The van der Waals surface area contributed by atoms with Crippen LogP contribution in [0, 0.1) is 16.7 Å². The van der Waals surface area contributed by atoms with E-state index in [0.29, 0.717) is 18.4 Å². The quantitative estimate of drug-likeness (QED) is 0.0194. The summed E-state index contributed by atoms with van der Waals surface area (Å²) >= 11 is 0. The zero-order chi connectivity index (χ0) is 54.9. The van der Waals surface area contributed by atoms with Crippen LogP contribution in [0.5, 0.6) is 0 Å². The van der Waals surface area contributed by atoms with E-state index in [1.807, 2.05) is 27.7 Å². The van der Waals surface area contributed by atoms with Gasteiger partial charge in [0.2, 0.25) is 0 Å². The standard InChI is InChI=1S/C62H110O11Si2/c1-13-17-18-19-20-21-22-23-24-25-26-27-28-29-30-31-32-33-34-35-36-37-38-39-40-41-42-43-52(64)68-54-53-47(5)49(72-74(10,11)12)45-62(59(53,7)8)57(69-58(66)71-62)55-60(9,56(54)65)50(73-75(14-2,15-3)16-4)44-51-61(55,46-67-51)70-48(6)63/h49-51,54-55,57H,13-46H2,1-12H3/t49-,50-,51+,54+,55-,57-,60+,61-,62+/m0/s1. The molecule has 2 aliphatic heterocycles. The van der Waals surface area contributed by atoms with Crippen molar-refractivity contribution in [1.82, 2.24) is 0 Å². The van der Waals surface area contributed by atoms with Gasteiger partial charge in [0.25, 0.3) is 0 Å². The van der Waals surface area contributed by atoms with Crippen LogP contribution in [0.4, 0.5) is 4.79 Å². The second-order valence-corrected chi connectivity index (χ2v) is 35.0. The molecular weight excluding hydrogens is 977 g/mol. The third-order valence-corrected chi connectivity index (χ3v) is 24.8. The van der Waals surface area contributed by atoms with Crippen molar-refractivity contribution in [3.8, 4) is 0 Å². The molecule has 0 amide bonds. The van der Waals surface area contributed by atoms with Crippen LogP contribution in [0.3, 0.4) is 0 Å². The Balaban J connectivity index is 1.15. The van der Waals surface area contributed by atoms with E-state index >= 15 is 4.79 Å². The molecule has 5 aliphatic rings. The Kier molecular flexibility index (Phi) is 25.0. The normalized spacial score (nSPS) is 29.1. The molecule has 0 aromatic carbocycles. The number of ketones is 1. The maximum atomic E-state index is 16.4. The lowest BCUT2D eigenvalue weighted by Gasteiger charge is -2.67. The fourth-order valence-electron chi connectivity index (χ4n) is 14.4. The third kappa shape index (κ3) is 15.6. The van der Waals surface area contributed by atoms with Gasteiger partial charge in [-0.1, -0.05) is 208 Å². The van der Waals surface area contributed by atoms with E-state index in [-0.39, 0.29) is 25.2 Å². The number of carbonyl (C=O) groups is 4. The number of esters is 2. The molecule has 0 aromatic rings. The van der Waals surface area contributed by atoms with E-state index in [9.17, 15) is 14.4 Å². The van der Waals surface area contributed by atoms with Crippen molar-refractivity contribution < 1.29 is 51.7 Å². The predicted octanol–water partition coefficient (Wildman–Crippen LogP) is 16.8. The highest BCUT2D eigenvalue weighted by molar-refractivity contribution is 6.73. The molecule has 2 saturated heterocycles. The second-order valence-electron chi connectivity index (χ2n) is 25.8. The highest BCUT2D eigenvalue weighted by atomic mass is 28.4. The van der Waals surface area contributed by atoms with Gasteiger partial charge in [-0.05, 0) is 69.2 Å². The summed E-state index contributed by atoms with van der Waals surface area (Å²) in [6, 6.07) is 2.51. The summed E-state index contributed by atoms with van der Waals surface area (Å²) in [6.45, 7) is 24.3. The fraction of sp³-hybridized carbons (Fsp3) is 0.903. The second kappa shape index (κ2) is 29.4. The number of hydrogen-bond donors (Lipinski definition) is 0. The Morgan fingerprint density at radius 3 is 1.51 bits per heavy atom. The first kappa shape index (κ1) is 63.8. The molecule has 0 aromatic heterocycles. The van der Waals surface area contributed by atoms with Crippen molar-refractivity contribution >= 4 is 40.5 Å². The van der Waals surface area contributed by atoms with Crippen LogP contribution in [0.25, 0.3) is 0 Å². The molecule has 0 unspecified atom stereocenters. The maximum Gasteiger partial charge on any atom is 0.509 e. The summed E-state index contributed by atoms with van der Waals surface area (Å²) in [5.41, 5.74) is -3.88. The molecular formula is C62H110O11Si2. The van der Waals surface area contributed by atoms with E-state index < -0.39 is 93.2 Å². The maximum absolute atomic E-state index is 16.4. The van der Waals surface area contributed by atoms with Crippen LogP contribution >= 0.6 is 0 Å². The average Bonchev–Trinajstić information content (AvgIpc) is 3.68. The van der Waals surface area contributed by atoms with Gasteiger partial charge in [-0.2, -0.15) is 0 Å². The van der Waals surface area contributed by atoms with Crippen LogP contribution in [-0.2, 0) is 46.9 Å². The molecule has 2 bridgehead atoms. The molecule has 2 saturated carbocycles. The lowest BCUT2D eigenvalue weighted by Crippen LogP contribution is -2.81. The van der Waals surface area contributed by atoms with Gasteiger partial charge >= 0.3 is 18.1 Å². The monoisotopic (exact) mass is 1090 g/mol. The van der Waals surface area contributed by atoms with Crippen molar-refractivity contribution in [2.24, 2.45) is 16.7 Å². The van der Waals surface area contributed by atoms with Gasteiger partial charge in [0.15, 0.2) is 45.8 Å². The molecule has 9 atom stereocenters. The predicted molar refractivity (Wildman–Crippen MR) is 306 cm³/mol. The number of unbranched alkanes of at least 4 members (excludes halogenated alkanes) is 26. The summed E-state index contributed by atoms with van der Waals surface area (Å²) in [5, 5.41) is 0. The zero-order valence-electron chi connectivity index (χ0n) is 50.0. The zero-order valence-corrected chi connectivity index (χ0v) is 52.0. The largest absolute Gasteiger partial charge is 0.509 e. The topological polar surface area (TPSA) is 133 Å². The summed E-state index contributed by atoms with van der Waals surface area (Å²) < 4.78 is 46.7. The smallest absolute Gasteiger partial charge is 0.454 e. The molecule has 5 rings (SSSR count). The number of hydrogen-bond acceptors (Lipinski definition) is 11. The Morgan fingerprint density at radius 2 is 1.11 bits per heavy atom. The van der Waals surface area contributed by atoms with Crippen molar-refractivity contribution in [2.75, 3.05) is 6.61 Å². The summed E-state index contributed by atoms with van der Waals surface area (Å²) in [4.78, 5) is 57.9. The van der Waals surface area contributed by atoms with Crippen molar-refractivity contribution in [3.05, 3.63) is 11.1 Å². The first-order chi connectivity index (χ1) is 35.7. The molecule has 0 radical (unpaired) electrons. The number of carbonyl (C=O) groups excluding carboxylic acids is 4. The van der Waals surface area contributed by atoms with E-state index in [1.165, 1.54) is 155 Å². The molecule has 1 spiro atoms. The molecule has 0 N–H and O–H groups in total. The lowest BCUT2D eigenvalue weighted by molar-refractivity contribution is -0.335.